The van der Waals surface area contributed by atoms with Crippen LogP contribution in [-0.2, 0) is 20.2 Å². The summed E-state index contributed by atoms with van der Waals surface area (Å²) in [6, 6.07) is 0. The topological polar surface area (TPSA) is 93.1 Å². The van der Waals surface area contributed by atoms with E-state index in [9.17, 15) is 13.2 Å². The number of carbonyl (C=O) groups excluding carboxylic acids is 1. The van der Waals surface area contributed by atoms with Crippen LogP contribution in [0.5, 0.6) is 0 Å². The molecule has 1 aromatic rings. The molecule has 0 radical (unpaired) electrons. The number of hydrogen-bond acceptors (Lipinski definition) is 5. The van der Waals surface area contributed by atoms with Gasteiger partial charge in [0.05, 0.1) is 17.4 Å². The van der Waals surface area contributed by atoms with E-state index in [0.29, 0.717) is 18.8 Å². The summed E-state index contributed by atoms with van der Waals surface area (Å²) in [5.74, 6) is -0.468. The number of carbonyl (C=O) groups is 1. The highest BCUT2D eigenvalue weighted by Gasteiger charge is 2.48. The van der Waals surface area contributed by atoms with Crippen LogP contribution >= 0.6 is 12.4 Å². The lowest BCUT2D eigenvalue weighted by Gasteiger charge is -2.34. The van der Waals surface area contributed by atoms with Crippen molar-refractivity contribution < 1.29 is 13.2 Å². The Morgan fingerprint density at radius 1 is 1.35 bits per heavy atom. The number of sulfone groups is 1. The minimum atomic E-state index is -3.51. The summed E-state index contributed by atoms with van der Waals surface area (Å²) in [5, 5.41) is 10.0. The minimum absolute atomic E-state index is 0. The molecule has 0 spiro atoms. The highest BCUT2D eigenvalue weighted by molar-refractivity contribution is 7.92. The molecule has 2 heterocycles. The average Bonchev–Trinajstić information content (AvgIpc) is 2.86. The maximum absolute atomic E-state index is 12.6. The van der Waals surface area contributed by atoms with E-state index in [-0.39, 0.29) is 30.8 Å². The van der Waals surface area contributed by atoms with Gasteiger partial charge in [-0.1, -0.05) is 0 Å². The molecule has 1 saturated heterocycles. The van der Waals surface area contributed by atoms with E-state index >= 15 is 0 Å². The van der Waals surface area contributed by atoms with Crippen LogP contribution in [0.2, 0.25) is 0 Å². The van der Waals surface area contributed by atoms with Crippen LogP contribution in [0.25, 0.3) is 0 Å². The zero-order valence-electron chi connectivity index (χ0n) is 13.9. The van der Waals surface area contributed by atoms with Gasteiger partial charge < -0.3 is 10.6 Å². The molecule has 0 saturated carbocycles. The van der Waals surface area contributed by atoms with Gasteiger partial charge in [0.25, 0.3) is 0 Å². The van der Waals surface area contributed by atoms with Gasteiger partial charge in [-0.2, -0.15) is 5.10 Å². The van der Waals surface area contributed by atoms with Crippen molar-refractivity contribution in [2.75, 3.05) is 24.7 Å². The molecule has 9 heteroatoms. The minimum Gasteiger partial charge on any atom is -0.322 e. The number of aromatic nitrogens is 2. The van der Waals surface area contributed by atoms with Gasteiger partial charge in [0.2, 0.25) is 5.91 Å². The van der Waals surface area contributed by atoms with Gasteiger partial charge in [-0.15, -0.1) is 12.4 Å². The van der Waals surface area contributed by atoms with Crippen LogP contribution in [0, 0.1) is 0 Å². The predicted octanol–water partition coefficient (Wildman–Crippen LogP) is 1.17. The Bertz CT molecular complexity index is 658. The van der Waals surface area contributed by atoms with Crippen molar-refractivity contribution in [3.05, 3.63) is 12.4 Å². The number of anilines is 1. The largest absolute Gasteiger partial charge is 0.322 e. The smallest absolute Gasteiger partial charge is 0.246 e. The Morgan fingerprint density at radius 3 is 2.35 bits per heavy atom. The van der Waals surface area contributed by atoms with Gasteiger partial charge in [-0.25, -0.2) is 8.42 Å². The molecule has 2 rings (SSSR count). The second-order valence-electron chi connectivity index (χ2n) is 6.81. The number of halogens is 1. The monoisotopic (exact) mass is 364 g/mol. The molecule has 1 aliphatic heterocycles. The molecule has 0 aliphatic carbocycles. The molecule has 2 N–H and O–H groups in total. The van der Waals surface area contributed by atoms with E-state index in [4.69, 9.17) is 0 Å². The first-order valence-electron chi connectivity index (χ1n) is 7.33. The van der Waals surface area contributed by atoms with Crippen molar-refractivity contribution in [3.63, 3.8) is 0 Å². The molecule has 0 unspecified atom stereocenters. The quantitative estimate of drug-likeness (QED) is 0.839. The molecule has 23 heavy (non-hydrogen) atoms. The average molecular weight is 365 g/mol. The van der Waals surface area contributed by atoms with Gasteiger partial charge in [-0.05, 0) is 46.7 Å². The number of rotatable bonds is 3. The van der Waals surface area contributed by atoms with Gasteiger partial charge in [0.15, 0.2) is 14.6 Å². The summed E-state index contributed by atoms with van der Waals surface area (Å²) in [6.07, 6.45) is 4.96. The summed E-state index contributed by atoms with van der Waals surface area (Å²) < 4.78 is 24.8. The van der Waals surface area contributed by atoms with Crippen molar-refractivity contribution in [3.8, 4) is 0 Å². The highest BCUT2D eigenvalue weighted by Crippen LogP contribution is 2.29. The van der Waals surface area contributed by atoms with Gasteiger partial charge in [-0.3, -0.25) is 9.48 Å². The third-order valence-corrected chi connectivity index (χ3v) is 6.08. The summed E-state index contributed by atoms with van der Waals surface area (Å²) in [6.45, 7) is 7.02. The summed E-state index contributed by atoms with van der Waals surface area (Å²) in [7, 11) is -3.51. The maximum atomic E-state index is 12.6. The molecule has 0 aromatic carbocycles. The summed E-state index contributed by atoms with van der Waals surface area (Å²) in [4.78, 5) is 12.6. The molecular weight excluding hydrogens is 340 g/mol. The Labute approximate surface area is 143 Å². The number of hydrogen-bond donors (Lipinski definition) is 2. The summed E-state index contributed by atoms with van der Waals surface area (Å²) in [5.41, 5.74) is 0.313. The van der Waals surface area contributed by atoms with Crippen molar-refractivity contribution in [1.29, 1.82) is 0 Å². The van der Waals surface area contributed by atoms with Gasteiger partial charge in [0.1, 0.15) is 0 Å². The SMILES string of the molecule is CC(C)(C)n1cc(NC(=O)C2(S(C)(=O)=O)CCNCC2)cn1.Cl. The molecular formula is C14H25ClN4O3S. The number of amides is 1. The van der Waals surface area contributed by atoms with Crippen molar-refractivity contribution in [1.82, 2.24) is 15.1 Å². The zero-order chi connectivity index (χ0) is 16.6. The molecule has 1 aromatic heterocycles. The first-order chi connectivity index (χ1) is 10.1. The second-order valence-corrected chi connectivity index (χ2v) is 9.14. The Hall–Kier alpha value is -1.12. The molecule has 132 valence electrons. The van der Waals surface area contributed by atoms with E-state index in [1.54, 1.807) is 17.1 Å². The van der Waals surface area contributed by atoms with Crippen LogP contribution in [-0.4, -0.2) is 48.2 Å². The standard InChI is InChI=1S/C14H24N4O3S.ClH/c1-13(2,3)18-10-11(9-16-18)17-12(19)14(22(4,20)21)5-7-15-8-6-14;/h9-10,15H,5-8H2,1-4H3,(H,17,19);1H. The molecule has 0 atom stereocenters. The van der Waals surface area contributed by atoms with Crippen LogP contribution in [0.4, 0.5) is 5.69 Å². The number of piperidine rings is 1. The molecule has 1 fully saturated rings. The van der Waals surface area contributed by atoms with E-state index in [2.05, 4.69) is 15.7 Å². The molecule has 1 aliphatic rings. The lowest BCUT2D eigenvalue weighted by molar-refractivity contribution is -0.119. The lowest BCUT2D eigenvalue weighted by Crippen LogP contribution is -2.55. The first kappa shape index (κ1) is 19.9. The van der Waals surface area contributed by atoms with E-state index < -0.39 is 20.5 Å². The maximum Gasteiger partial charge on any atom is 0.246 e. The number of nitrogens with zero attached hydrogens (tertiary/aromatic N) is 2. The van der Waals surface area contributed by atoms with Crippen molar-refractivity contribution in [2.24, 2.45) is 0 Å². The molecule has 1 amide bonds. The molecule has 7 nitrogen and oxygen atoms in total. The fourth-order valence-corrected chi connectivity index (χ4v) is 3.93. The third kappa shape index (κ3) is 4.05. The van der Waals surface area contributed by atoms with Gasteiger partial charge in [0, 0.05) is 12.5 Å². The van der Waals surface area contributed by atoms with Crippen molar-refractivity contribution >= 4 is 33.8 Å². The van der Waals surface area contributed by atoms with Gasteiger partial charge >= 0.3 is 0 Å². The zero-order valence-corrected chi connectivity index (χ0v) is 15.6. The Kier molecular flexibility index (Phi) is 5.88. The normalized spacial score (nSPS) is 18.1. The van der Waals surface area contributed by atoms with Crippen LogP contribution in [0.15, 0.2) is 12.4 Å². The van der Waals surface area contributed by atoms with E-state index in [0.717, 1.165) is 6.26 Å². The Balaban J connectivity index is 0.00000264. The van der Waals surface area contributed by atoms with E-state index in [1.807, 2.05) is 20.8 Å². The predicted molar refractivity (Wildman–Crippen MR) is 92.8 cm³/mol. The van der Waals surface area contributed by atoms with Crippen LogP contribution in [0.1, 0.15) is 33.6 Å². The van der Waals surface area contributed by atoms with E-state index in [1.165, 1.54) is 0 Å². The van der Waals surface area contributed by atoms with Crippen molar-refractivity contribution in [2.45, 2.75) is 43.9 Å². The van der Waals surface area contributed by atoms with Crippen LogP contribution in [0.3, 0.4) is 0 Å². The van der Waals surface area contributed by atoms with Crippen LogP contribution < -0.4 is 10.6 Å². The molecule has 0 bridgehead atoms. The summed E-state index contributed by atoms with van der Waals surface area (Å²) >= 11 is 0. The third-order valence-electron chi connectivity index (χ3n) is 4.06. The first-order valence-corrected chi connectivity index (χ1v) is 9.22. The Morgan fingerprint density at radius 2 is 1.91 bits per heavy atom. The lowest BCUT2D eigenvalue weighted by atomic mass is 9.96. The second kappa shape index (κ2) is 6.78. The number of nitrogens with one attached hydrogen (secondary N) is 2. The fraction of sp³-hybridized carbons (Fsp3) is 0.714. The fourth-order valence-electron chi connectivity index (χ4n) is 2.60. The highest BCUT2D eigenvalue weighted by atomic mass is 35.5.